The van der Waals surface area contributed by atoms with Crippen LogP contribution in [0, 0.1) is 5.92 Å². The highest BCUT2D eigenvalue weighted by Gasteiger charge is 2.23. The van der Waals surface area contributed by atoms with E-state index in [2.05, 4.69) is 44.8 Å². The summed E-state index contributed by atoms with van der Waals surface area (Å²) in [7, 11) is 0. The van der Waals surface area contributed by atoms with Crippen molar-refractivity contribution in [3.63, 3.8) is 0 Å². The summed E-state index contributed by atoms with van der Waals surface area (Å²) in [6.07, 6.45) is 5.40. The summed E-state index contributed by atoms with van der Waals surface area (Å²) < 4.78 is 0. The molecule has 90 valence electrons. The predicted octanol–water partition coefficient (Wildman–Crippen LogP) is 3.68. The lowest BCUT2D eigenvalue weighted by Gasteiger charge is -2.32. The molecule has 1 N–H and O–H groups in total. The topological polar surface area (TPSA) is 12.0 Å². The molecule has 0 radical (unpaired) electrons. The third-order valence-electron chi connectivity index (χ3n) is 3.56. The molecule has 4 atom stereocenters. The highest BCUT2D eigenvalue weighted by atomic mass is 32.2. The first-order valence-electron chi connectivity index (χ1n) is 6.51. The standard InChI is InChI=1S/C13H27NS/c1-5-10(2)9-11(3)14-13-7-6-8-15-12(13)4/h10-14H,5-9H2,1-4H3. The van der Waals surface area contributed by atoms with Crippen LogP contribution >= 0.6 is 11.8 Å². The third-order valence-corrected chi connectivity index (χ3v) is 4.94. The molecule has 15 heavy (non-hydrogen) atoms. The predicted molar refractivity (Wildman–Crippen MR) is 71.6 cm³/mol. The largest absolute Gasteiger partial charge is 0.310 e. The zero-order valence-corrected chi connectivity index (χ0v) is 11.6. The van der Waals surface area contributed by atoms with Crippen molar-refractivity contribution in [2.75, 3.05) is 5.75 Å². The van der Waals surface area contributed by atoms with Crippen LogP contribution in [-0.2, 0) is 0 Å². The van der Waals surface area contributed by atoms with E-state index in [1.807, 2.05) is 0 Å². The van der Waals surface area contributed by atoms with E-state index in [9.17, 15) is 0 Å². The molecule has 0 aromatic heterocycles. The zero-order valence-electron chi connectivity index (χ0n) is 10.8. The first kappa shape index (κ1) is 13.4. The molecule has 2 heteroatoms. The van der Waals surface area contributed by atoms with Gasteiger partial charge in [-0.05, 0) is 37.9 Å². The number of rotatable bonds is 5. The molecule has 0 spiro atoms. The highest BCUT2D eigenvalue weighted by Crippen LogP contribution is 2.25. The van der Waals surface area contributed by atoms with Gasteiger partial charge >= 0.3 is 0 Å². The Hall–Kier alpha value is 0.310. The zero-order chi connectivity index (χ0) is 11.3. The summed E-state index contributed by atoms with van der Waals surface area (Å²) in [6, 6.07) is 1.44. The smallest absolute Gasteiger partial charge is 0.0186 e. The second kappa shape index (κ2) is 6.80. The summed E-state index contributed by atoms with van der Waals surface area (Å²) in [5.41, 5.74) is 0. The van der Waals surface area contributed by atoms with Gasteiger partial charge in [0.05, 0.1) is 0 Å². The van der Waals surface area contributed by atoms with Crippen molar-refractivity contribution in [1.82, 2.24) is 5.32 Å². The van der Waals surface area contributed by atoms with E-state index in [-0.39, 0.29) is 0 Å². The fraction of sp³-hybridized carbons (Fsp3) is 1.00. The molecule has 1 aliphatic heterocycles. The summed E-state index contributed by atoms with van der Waals surface area (Å²) in [5.74, 6) is 2.22. The van der Waals surface area contributed by atoms with Crippen LogP contribution in [0.4, 0.5) is 0 Å². The van der Waals surface area contributed by atoms with Crippen molar-refractivity contribution < 1.29 is 0 Å². The van der Waals surface area contributed by atoms with E-state index in [1.165, 1.54) is 31.4 Å². The van der Waals surface area contributed by atoms with E-state index in [0.717, 1.165) is 17.2 Å². The van der Waals surface area contributed by atoms with E-state index < -0.39 is 0 Å². The van der Waals surface area contributed by atoms with Crippen LogP contribution in [0.15, 0.2) is 0 Å². The Labute approximate surface area is 99.8 Å². The Morgan fingerprint density at radius 1 is 1.40 bits per heavy atom. The van der Waals surface area contributed by atoms with Crippen LogP contribution in [0.3, 0.4) is 0 Å². The Morgan fingerprint density at radius 2 is 2.13 bits per heavy atom. The third kappa shape index (κ3) is 4.78. The maximum absolute atomic E-state index is 3.81. The van der Waals surface area contributed by atoms with Crippen molar-refractivity contribution in [2.45, 2.75) is 70.7 Å². The Bertz CT molecular complexity index is 172. The van der Waals surface area contributed by atoms with Crippen LogP contribution in [-0.4, -0.2) is 23.1 Å². The fourth-order valence-corrected chi connectivity index (χ4v) is 3.50. The Balaban J connectivity index is 2.26. The van der Waals surface area contributed by atoms with Crippen LogP contribution in [0.5, 0.6) is 0 Å². The monoisotopic (exact) mass is 229 g/mol. The van der Waals surface area contributed by atoms with Crippen LogP contribution in [0.1, 0.15) is 53.4 Å². The number of nitrogens with one attached hydrogen (secondary N) is 1. The van der Waals surface area contributed by atoms with Gasteiger partial charge in [0, 0.05) is 17.3 Å². The second-order valence-electron chi connectivity index (χ2n) is 5.14. The van der Waals surface area contributed by atoms with Gasteiger partial charge in [0.1, 0.15) is 0 Å². The van der Waals surface area contributed by atoms with Crippen LogP contribution in [0.2, 0.25) is 0 Å². The van der Waals surface area contributed by atoms with Gasteiger partial charge in [0.2, 0.25) is 0 Å². The number of hydrogen-bond donors (Lipinski definition) is 1. The number of thioether (sulfide) groups is 1. The lowest BCUT2D eigenvalue weighted by atomic mass is 9.98. The average Bonchev–Trinajstić information content (AvgIpc) is 2.21. The second-order valence-corrected chi connectivity index (χ2v) is 6.63. The minimum Gasteiger partial charge on any atom is -0.310 e. The first-order valence-corrected chi connectivity index (χ1v) is 7.56. The van der Waals surface area contributed by atoms with Crippen molar-refractivity contribution in [3.8, 4) is 0 Å². The van der Waals surface area contributed by atoms with Crippen molar-refractivity contribution in [1.29, 1.82) is 0 Å². The van der Waals surface area contributed by atoms with E-state index in [4.69, 9.17) is 0 Å². The van der Waals surface area contributed by atoms with Gasteiger partial charge in [0.15, 0.2) is 0 Å². The van der Waals surface area contributed by atoms with Gasteiger partial charge in [-0.3, -0.25) is 0 Å². The molecule has 0 saturated carbocycles. The SMILES string of the molecule is CCC(C)CC(C)NC1CCCSC1C. The van der Waals surface area contributed by atoms with E-state index in [1.54, 1.807) is 0 Å². The molecule has 0 aliphatic carbocycles. The normalized spacial score (nSPS) is 31.2. The minimum absolute atomic E-state index is 0.686. The molecule has 0 aromatic carbocycles. The van der Waals surface area contributed by atoms with Gasteiger partial charge < -0.3 is 5.32 Å². The molecule has 4 unspecified atom stereocenters. The van der Waals surface area contributed by atoms with Gasteiger partial charge in [-0.1, -0.05) is 27.2 Å². The Morgan fingerprint density at radius 3 is 2.73 bits per heavy atom. The van der Waals surface area contributed by atoms with Crippen molar-refractivity contribution in [3.05, 3.63) is 0 Å². The molecule has 0 bridgehead atoms. The fourth-order valence-electron chi connectivity index (χ4n) is 2.35. The molecule has 1 fully saturated rings. The minimum atomic E-state index is 0.686. The quantitative estimate of drug-likeness (QED) is 0.772. The molecule has 1 heterocycles. The molecular formula is C13H27NS. The summed E-state index contributed by atoms with van der Waals surface area (Å²) in [5, 5.41) is 4.62. The summed E-state index contributed by atoms with van der Waals surface area (Å²) in [6.45, 7) is 9.36. The molecule has 1 saturated heterocycles. The maximum atomic E-state index is 3.81. The molecule has 1 aliphatic rings. The van der Waals surface area contributed by atoms with E-state index in [0.29, 0.717) is 6.04 Å². The molecule has 1 rings (SSSR count). The average molecular weight is 229 g/mol. The lowest BCUT2D eigenvalue weighted by Crippen LogP contribution is -2.44. The molecule has 0 amide bonds. The molecule has 1 nitrogen and oxygen atoms in total. The van der Waals surface area contributed by atoms with Crippen LogP contribution in [0.25, 0.3) is 0 Å². The first-order chi connectivity index (χ1) is 7.13. The van der Waals surface area contributed by atoms with Gasteiger partial charge in [-0.15, -0.1) is 0 Å². The summed E-state index contributed by atoms with van der Waals surface area (Å²) >= 11 is 2.13. The van der Waals surface area contributed by atoms with Crippen molar-refractivity contribution >= 4 is 11.8 Å². The van der Waals surface area contributed by atoms with Crippen molar-refractivity contribution in [2.24, 2.45) is 5.92 Å². The summed E-state index contributed by atoms with van der Waals surface area (Å²) in [4.78, 5) is 0. The van der Waals surface area contributed by atoms with Gasteiger partial charge in [-0.25, -0.2) is 0 Å². The maximum Gasteiger partial charge on any atom is 0.0186 e. The Kier molecular flexibility index (Phi) is 6.06. The molecular weight excluding hydrogens is 202 g/mol. The number of hydrogen-bond acceptors (Lipinski definition) is 2. The highest BCUT2D eigenvalue weighted by molar-refractivity contribution is 7.99. The van der Waals surface area contributed by atoms with E-state index >= 15 is 0 Å². The lowest BCUT2D eigenvalue weighted by molar-refractivity contribution is 0.355. The van der Waals surface area contributed by atoms with Gasteiger partial charge in [-0.2, -0.15) is 11.8 Å². The molecule has 0 aromatic rings. The van der Waals surface area contributed by atoms with Gasteiger partial charge in [0.25, 0.3) is 0 Å². The van der Waals surface area contributed by atoms with Crippen LogP contribution < -0.4 is 5.32 Å².